The molecule has 0 unspecified atom stereocenters. The van der Waals surface area contributed by atoms with E-state index in [9.17, 15) is 9.59 Å². The summed E-state index contributed by atoms with van der Waals surface area (Å²) in [6.07, 6.45) is 6.79. The highest BCUT2D eigenvalue weighted by molar-refractivity contribution is 5.76. The highest BCUT2D eigenvalue weighted by atomic mass is 16.4. The van der Waals surface area contributed by atoms with Crippen LogP contribution in [0, 0.1) is 5.92 Å². The number of carboxylic acids is 1. The molecule has 0 atom stereocenters. The van der Waals surface area contributed by atoms with Crippen LogP contribution in [0.1, 0.15) is 37.9 Å². The normalized spacial score (nSPS) is 23.5. The molecule has 2 aliphatic carbocycles. The summed E-state index contributed by atoms with van der Waals surface area (Å²) >= 11 is 0. The van der Waals surface area contributed by atoms with Gasteiger partial charge in [-0.2, -0.15) is 0 Å². The van der Waals surface area contributed by atoms with E-state index in [1.807, 2.05) is 12.1 Å². The number of aryl methyl sites for hydroxylation is 1. The van der Waals surface area contributed by atoms with E-state index < -0.39 is 5.97 Å². The van der Waals surface area contributed by atoms with Gasteiger partial charge in [0.15, 0.2) is 0 Å². The maximum absolute atomic E-state index is 11.9. The van der Waals surface area contributed by atoms with Crippen molar-refractivity contribution < 1.29 is 19.1 Å². The first-order valence-electron chi connectivity index (χ1n) is 8.37. The fourth-order valence-corrected chi connectivity index (χ4v) is 3.14. The first kappa shape index (κ1) is 16.1. The molecule has 0 spiro atoms. The summed E-state index contributed by atoms with van der Waals surface area (Å²) in [4.78, 5) is 25.0. The maximum Gasteiger partial charge on any atom is 0.317 e. The van der Waals surface area contributed by atoms with Gasteiger partial charge in [0.1, 0.15) is 5.76 Å². The number of hydrogen-bond acceptors (Lipinski definition) is 4. The zero-order valence-electron chi connectivity index (χ0n) is 13.2. The molecule has 23 heavy (non-hydrogen) atoms. The third-order valence-electron chi connectivity index (χ3n) is 4.70. The molecule has 2 saturated carbocycles. The molecule has 2 fully saturated rings. The topological polar surface area (TPSA) is 82.8 Å². The minimum Gasteiger partial charge on any atom is -0.480 e. The maximum atomic E-state index is 11.9. The average Bonchev–Trinajstić information content (AvgIpc) is 3.11. The Bertz CT molecular complexity index is 533. The van der Waals surface area contributed by atoms with E-state index >= 15 is 0 Å². The predicted octanol–water partition coefficient (Wildman–Crippen LogP) is 1.66. The van der Waals surface area contributed by atoms with Gasteiger partial charge in [-0.05, 0) is 43.7 Å². The van der Waals surface area contributed by atoms with Gasteiger partial charge in [0, 0.05) is 31.5 Å². The van der Waals surface area contributed by atoms with Crippen LogP contribution < -0.4 is 5.32 Å². The SMILES string of the molecule is O=C(O)CN(CC1CC1)C1CC(NC(=O)CCc2ccco2)C1. The molecule has 1 aromatic rings. The summed E-state index contributed by atoms with van der Waals surface area (Å²) in [5.41, 5.74) is 0. The van der Waals surface area contributed by atoms with Crippen LogP contribution in [0.4, 0.5) is 0 Å². The Morgan fingerprint density at radius 2 is 2.13 bits per heavy atom. The molecule has 3 rings (SSSR count). The zero-order valence-corrected chi connectivity index (χ0v) is 13.2. The number of amides is 1. The number of carbonyl (C=O) groups excluding carboxylic acids is 1. The summed E-state index contributed by atoms with van der Waals surface area (Å²) in [6, 6.07) is 4.16. The summed E-state index contributed by atoms with van der Waals surface area (Å²) in [7, 11) is 0. The molecular weight excluding hydrogens is 296 g/mol. The van der Waals surface area contributed by atoms with Crippen LogP contribution in [-0.2, 0) is 16.0 Å². The first-order chi connectivity index (χ1) is 11.1. The Hall–Kier alpha value is -1.82. The second-order valence-electron chi connectivity index (χ2n) is 6.74. The summed E-state index contributed by atoms with van der Waals surface area (Å²) < 4.78 is 5.22. The van der Waals surface area contributed by atoms with E-state index in [0.717, 1.165) is 25.1 Å². The molecule has 0 aliphatic heterocycles. The van der Waals surface area contributed by atoms with Crippen molar-refractivity contribution in [3.05, 3.63) is 24.2 Å². The Morgan fingerprint density at radius 3 is 2.74 bits per heavy atom. The highest BCUT2D eigenvalue weighted by Crippen LogP contribution is 2.33. The van der Waals surface area contributed by atoms with E-state index in [1.54, 1.807) is 6.26 Å². The van der Waals surface area contributed by atoms with Gasteiger partial charge in [0.05, 0.1) is 12.8 Å². The van der Waals surface area contributed by atoms with Gasteiger partial charge in [0.2, 0.25) is 5.91 Å². The lowest BCUT2D eigenvalue weighted by Crippen LogP contribution is -2.55. The summed E-state index contributed by atoms with van der Waals surface area (Å²) in [6.45, 7) is 0.996. The van der Waals surface area contributed by atoms with E-state index in [-0.39, 0.29) is 18.5 Å². The number of nitrogens with zero attached hydrogens (tertiary/aromatic N) is 1. The van der Waals surface area contributed by atoms with Crippen molar-refractivity contribution in [2.75, 3.05) is 13.1 Å². The molecule has 0 radical (unpaired) electrons. The third kappa shape index (κ3) is 4.82. The minimum absolute atomic E-state index is 0.0387. The van der Waals surface area contributed by atoms with E-state index in [4.69, 9.17) is 9.52 Å². The third-order valence-corrected chi connectivity index (χ3v) is 4.70. The molecule has 6 heteroatoms. The average molecular weight is 320 g/mol. The Balaban J connectivity index is 1.37. The van der Waals surface area contributed by atoms with Crippen molar-refractivity contribution in [1.82, 2.24) is 10.2 Å². The largest absolute Gasteiger partial charge is 0.480 e. The van der Waals surface area contributed by atoms with Gasteiger partial charge in [-0.3, -0.25) is 14.5 Å². The predicted molar refractivity (Wildman–Crippen MR) is 83.9 cm³/mol. The van der Waals surface area contributed by atoms with Crippen LogP contribution >= 0.6 is 0 Å². The number of carbonyl (C=O) groups is 2. The van der Waals surface area contributed by atoms with Crippen LogP contribution in [0.5, 0.6) is 0 Å². The first-order valence-corrected chi connectivity index (χ1v) is 8.37. The van der Waals surface area contributed by atoms with Crippen LogP contribution in [0.3, 0.4) is 0 Å². The van der Waals surface area contributed by atoms with Gasteiger partial charge < -0.3 is 14.8 Å². The van der Waals surface area contributed by atoms with E-state index in [2.05, 4.69) is 10.2 Å². The van der Waals surface area contributed by atoms with E-state index in [0.29, 0.717) is 24.8 Å². The van der Waals surface area contributed by atoms with Crippen LogP contribution in [0.15, 0.2) is 22.8 Å². The van der Waals surface area contributed by atoms with Gasteiger partial charge >= 0.3 is 5.97 Å². The second-order valence-corrected chi connectivity index (χ2v) is 6.74. The van der Waals surface area contributed by atoms with Gasteiger partial charge in [-0.25, -0.2) is 0 Å². The van der Waals surface area contributed by atoms with Crippen LogP contribution in [0.25, 0.3) is 0 Å². The van der Waals surface area contributed by atoms with Crippen molar-refractivity contribution in [3.8, 4) is 0 Å². The number of aliphatic carboxylic acids is 1. The monoisotopic (exact) mass is 320 g/mol. The van der Waals surface area contributed by atoms with Gasteiger partial charge in [0.25, 0.3) is 0 Å². The number of furan rings is 1. The molecule has 0 saturated heterocycles. The quantitative estimate of drug-likeness (QED) is 0.723. The number of nitrogens with one attached hydrogen (secondary N) is 1. The van der Waals surface area contributed by atoms with Crippen molar-refractivity contribution in [1.29, 1.82) is 0 Å². The van der Waals surface area contributed by atoms with Crippen molar-refractivity contribution in [3.63, 3.8) is 0 Å². The van der Waals surface area contributed by atoms with Crippen molar-refractivity contribution >= 4 is 11.9 Å². The summed E-state index contributed by atoms with van der Waals surface area (Å²) in [5, 5.41) is 12.1. The lowest BCUT2D eigenvalue weighted by molar-refractivity contribution is -0.140. The Kier molecular flexibility index (Phi) is 5.00. The highest BCUT2D eigenvalue weighted by Gasteiger charge is 2.37. The molecule has 0 aromatic carbocycles. The minimum atomic E-state index is -0.767. The Labute approximate surface area is 135 Å². The van der Waals surface area contributed by atoms with Crippen LogP contribution in [0.2, 0.25) is 0 Å². The van der Waals surface area contributed by atoms with Crippen LogP contribution in [-0.4, -0.2) is 47.1 Å². The molecule has 1 aromatic heterocycles. The lowest BCUT2D eigenvalue weighted by Gasteiger charge is -2.42. The molecule has 0 bridgehead atoms. The van der Waals surface area contributed by atoms with Gasteiger partial charge in [-0.15, -0.1) is 0 Å². The fourth-order valence-electron chi connectivity index (χ4n) is 3.14. The zero-order chi connectivity index (χ0) is 16.2. The number of hydrogen-bond donors (Lipinski definition) is 2. The molecular formula is C17H24N2O4. The number of carboxylic acid groups (broad SMARTS) is 1. The smallest absolute Gasteiger partial charge is 0.317 e. The van der Waals surface area contributed by atoms with Crippen molar-refractivity contribution in [2.24, 2.45) is 5.92 Å². The number of rotatable bonds is 9. The lowest BCUT2D eigenvalue weighted by atomic mass is 9.85. The summed E-state index contributed by atoms with van der Waals surface area (Å²) in [5.74, 6) is 0.772. The second kappa shape index (κ2) is 7.17. The van der Waals surface area contributed by atoms with E-state index in [1.165, 1.54) is 12.8 Å². The molecule has 1 amide bonds. The van der Waals surface area contributed by atoms with Gasteiger partial charge in [-0.1, -0.05) is 0 Å². The molecule has 2 aliphatic rings. The molecule has 126 valence electrons. The molecule has 6 nitrogen and oxygen atoms in total. The Morgan fingerprint density at radius 1 is 1.35 bits per heavy atom. The molecule has 2 N–H and O–H groups in total. The standard InChI is InChI=1S/C17H24N2O4/c20-16(6-5-15-2-1-7-23-15)18-13-8-14(9-13)19(11-17(21)22)10-12-3-4-12/h1-2,7,12-14H,3-6,8-11H2,(H,18,20)(H,21,22). The fraction of sp³-hybridized carbons (Fsp3) is 0.647. The molecule has 1 heterocycles. The van der Waals surface area contributed by atoms with Crippen molar-refractivity contribution in [2.45, 2.75) is 50.6 Å².